The van der Waals surface area contributed by atoms with Crippen LogP contribution in [-0.4, -0.2) is 13.2 Å². The lowest BCUT2D eigenvalue weighted by atomic mass is 10.1. The van der Waals surface area contributed by atoms with Gasteiger partial charge in [0.1, 0.15) is 0 Å². The van der Waals surface area contributed by atoms with Crippen LogP contribution in [0.1, 0.15) is 52.4 Å². The predicted molar refractivity (Wildman–Crippen MR) is 92.8 cm³/mol. The van der Waals surface area contributed by atoms with Gasteiger partial charge in [0.15, 0.2) is 11.5 Å². The van der Waals surface area contributed by atoms with Crippen molar-refractivity contribution in [2.45, 2.75) is 52.4 Å². The normalized spacial score (nSPS) is 10.8. The SMILES string of the molecule is CCCCCOc1[c]c2ccccc2cc1OCCCCC. The maximum absolute atomic E-state index is 5.95. The van der Waals surface area contributed by atoms with Crippen molar-refractivity contribution in [2.24, 2.45) is 0 Å². The van der Waals surface area contributed by atoms with Gasteiger partial charge in [-0.05, 0) is 29.7 Å². The maximum Gasteiger partial charge on any atom is 0.169 e. The molecule has 22 heavy (non-hydrogen) atoms. The number of fused-ring (bicyclic) bond motifs is 1. The summed E-state index contributed by atoms with van der Waals surface area (Å²) in [7, 11) is 0. The number of unbranched alkanes of at least 4 members (excludes halogenated alkanes) is 4. The van der Waals surface area contributed by atoms with Crippen molar-refractivity contribution >= 4 is 10.8 Å². The first-order chi connectivity index (χ1) is 10.8. The number of benzene rings is 2. The molecule has 0 aliphatic carbocycles. The van der Waals surface area contributed by atoms with Gasteiger partial charge in [-0.15, -0.1) is 0 Å². The van der Waals surface area contributed by atoms with Gasteiger partial charge < -0.3 is 9.47 Å². The van der Waals surface area contributed by atoms with Gasteiger partial charge in [-0.1, -0.05) is 63.8 Å². The number of hydrogen-bond donors (Lipinski definition) is 0. The summed E-state index contributed by atoms with van der Waals surface area (Å²) in [5.41, 5.74) is 0. The second kappa shape index (κ2) is 9.34. The van der Waals surface area contributed by atoms with Crippen molar-refractivity contribution in [1.82, 2.24) is 0 Å². The molecule has 119 valence electrons. The third-order valence-corrected chi connectivity index (χ3v) is 3.72. The Hall–Kier alpha value is -1.70. The van der Waals surface area contributed by atoms with Gasteiger partial charge in [-0.3, -0.25) is 0 Å². The number of rotatable bonds is 10. The third-order valence-electron chi connectivity index (χ3n) is 3.72. The zero-order chi connectivity index (χ0) is 15.6. The van der Waals surface area contributed by atoms with Crippen molar-refractivity contribution in [1.29, 1.82) is 0 Å². The molecule has 1 radical (unpaired) electrons. The smallest absolute Gasteiger partial charge is 0.169 e. The van der Waals surface area contributed by atoms with Crippen LogP contribution in [0.25, 0.3) is 10.8 Å². The van der Waals surface area contributed by atoms with Crippen molar-refractivity contribution in [2.75, 3.05) is 13.2 Å². The third kappa shape index (κ3) is 4.94. The molecule has 0 atom stereocenters. The molecule has 0 N–H and O–H groups in total. The lowest BCUT2D eigenvalue weighted by Crippen LogP contribution is -2.03. The predicted octanol–water partition coefficient (Wildman–Crippen LogP) is 5.78. The minimum atomic E-state index is 0.730. The molecule has 2 nitrogen and oxygen atoms in total. The Morgan fingerprint density at radius 3 is 2.27 bits per heavy atom. The molecular weight excluding hydrogens is 272 g/mol. The number of ether oxygens (including phenoxy) is 2. The maximum atomic E-state index is 5.95. The minimum Gasteiger partial charge on any atom is -0.490 e. The largest absolute Gasteiger partial charge is 0.490 e. The molecule has 2 aromatic rings. The van der Waals surface area contributed by atoms with E-state index in [1.165, 1.54) is 25.7 Å². The Morgan fingerprint density at radius 1 is 0.864 bits per heavy atom. The van der Waals surface area contributed by atoms with E-state index in [0.29, 0.717) is 0 Å². The highest BCUT2D eigenvalue weighted by Crippen LogP contribution is 2.32. The van der Waals surface area contributed by atoms with E-state index in [1.807, 2.05) is 12.1 Å². The zero-order valence-electron chi connectivity index (χ0n) is 13.9. The highest BCUT2D eigenvalue weighted by Gasteiger charge is 2.08. The Labute approximate surface area is 134 Å². The van der Waals surface area contributed by atoms with E-state index in [1.54, 1.807) is 0 Å². The molecule has 0 spiro atoms. The van der Waals surface area contributed by atoms with Crippen LogP contribution in [0.3, 0.4) is 0 Å². The molecular formula is C20H27O2. The molecule has 0 saturated carbocycles. The van der Waals surface area contributed by atoms with Gasteiger partial charge in [0.2, 0.25) is 0 Å². The molecule has 0 aliphatic rings. The summed E-state index contributed by atoms with van der Waals surface area (Å²) < 4.78 is 11.9. The average Bonchev–Trinajstić information content (AvgIpc) is 2.55. The highest BCUT2D eigenvalue weighted by molar-refractivity contribution is 5.85. The molecule has 0 bridgehead atoms. The second-order valence-corrected chi connectivity index (χ2v) is 5.66. The van der Waals surface area contributed by atoms with Gasteiger partial charge in [0, 0.05) is 6.07 Å². The van der Waals surface area contributed by atoms with Crippen molar-refractivity contribution in [3.05, 3.63) is 36.4 Å². The van der Waals surface area contributed by atoms with E-state index in [-0.39, 0.29) is 0 Å². The first kappa shape index (κ1) is 16.7. The van der Waals surface area contributed by atoms with Crippen LogP contribution in [0.4, 0.5) is 0 Å². The molecule has 0 heterocycles. The quantitative estimate of drug-likeness (QED) is 0.518. The van der Waals surface area contributed by atoms with Crippen LogP contribution in [-0.2, 0) is 0 Å². The molecule has 0 saturated heterocycles. The van der Waals surface area contributed by atoms with Crippen LogP contribution in [0.5, 0.6) is 11.5 Å². The topological polar surface area (TPSA) is 18.5 Å². The van der Waals surface area contributed by atoms with Crippen LogP contribution < -0.4 is 9.47 Å². The Balaban J connectivity index is 2.09. The van der Waals surface area contributed by atoms with Gasteiger partial charge in [0.05, 0.1) is 13.2 Å². The van der Waals surface area contributed by atoms with E-state index < -0.39 is 0 Å². The summed E-state index contributed by atoms with van der Waals surface area (Å²) >= 11 is 0. The summed E-state index contributed by atoms with van der Waals surface area (Å²) in [5, 5.41) is 2.22. The van der Waals surface area contributed by atoms with E-state index in [0.717, 1.165) is 48.3 Å². The molecule has 0 aliphatic heterocycles. The molecule has 0 unspecified atom stereocenters. The first-order valence-electron chi connectivity index (χ1n) is 8.55. The molecule has 2 rings (SSSR count). The van der Waals surface area contributed by atoms with E-state index in [2.05, 4.69) is 38.1 Å². The first-order valence-corrected chi connectivity index (χ1v) is 8.55. The lowest BCUT2D eigenvalue weighted by Gasteiger charge is -2.14. The van der Waals surface area contributed by atoms with E-state index in [9.17, 15) is 0 Å². The summed E-state index contributed by atoms with van der Waals surface area (Å²) in [6.07, 6.45) is 6.95. The van der Waals surface area contributed by atoms with Gasteiger partial charge >= 0.3 is 0 Å². The van der Waals surface area contributed by atoms with Crippen LogP contribution in [0, 0.1) is 6.07 Å². The van der Waals surface area contributed by atoms with Crippen molar-refractivity contribution in [3.8, 4) is 11.5 Å². The van der Waals surface area contributed by atoms with Crippen molar-refractivity contribution in [3.63, 3.8) is 0 Å². The summed E-state index contributed by atoms with van der Waals surface area (Å²) in [4.78, 5) is 0. The van der Waals surface area contributed by atoms with E-state index in [4.69, 9.17) is 9.47 Å². The summed E-state index contributed by atoms with van der Waals surface area (Å²) in [5.74, 6) is 1.58. The highest BCUT2D eigenvalue weighted by atomic mass is 16.5. The van der Waals surface area contributed by atoms with Gasteiger partial charge in [0.25, 0.3) is 0 Å². The number of hydrogen-bond acceptors (Lipinski definition) is 2. The molecule has 2 aromatic carbocycles. The van der Waals surface area contributed by atoms with Gasteiger partial charge in [-0.2, -0.15) is 0 Å². The fourth-order valence-electron chi connectivity index (χ4n) is 2.40. The summed E-state index contributed by atoms with van der Waals surface area (Å²) in [6, 6.07) is 13.7. The van der Waals surface area contributed by atoms with Crippen LogP contribution >= 0.6 is 0 Å². The Bertz CT molecular complexity index is 512. The van der Waals surface area contributed by atoms with Crippen LogP contribution in [0.15, 0.2) is 30.3 Å². The average molecular weight is 299 g/mol. The molecule has 0 amide bonds. The van der Waals surface area contributed by atoms with Gasteiger partial charge in [-0.25, -0.2) is 0 Å². The summed E-state index contributed by atoms with van der Waals surface area (Å²) in [6.45, 7) is 5.87. The second-order valence-electron chi connectivity index (χ2n) is 5.66. The molecule has 2 heteroatoms. The fraction of sp³-hybridized carbons (Fsp3) is 0.500. The Kier molecular flexibility index (Phi) is 7.08. The standard InChI is InChI=1S/C20H27O2/c1-3-5-9-13-21-19-15-17-11-7-8-12-18(17)16-20(19)22-14-10-6-4-2/h7-8,11-12,15H,3-6,9-10,13-14H2,1-2H3. The molecule has 0 aromatic heterocycles. The Morgan fingerprint density at radius 2 is 1.55 bits per heavy atom. The lowest BCUT2D eigenvalue weighted by molar-refractivity contribution is 0.260. The van der Waals surface area contributed by atoms with Crippen molar-refractivity contribution < 1.29 is 9.47 Å². The monoisotopic (exact) mass is 299 g/mol. The molecule has 0 fully saturated rings. The minimum absolute atomic E-state index is 0.730. The zero-order valence-corrected chi connectivity index (χ0v) is 13.9. The van der Waals surface area contributed by atoms with Crippen LogP contribution in [0.2, 0.25) is 0 Å². The fourth-order valence-corrected chi connectivity index (χ4v) is 2.40. The van der Waals surface area contributed by atoms with E-state index >= 15 is 0 Å².